The summed E-state index contributed by atoms with van der Waals surface area (Å²) in [5.41, 5.74) is 1.02. The summed E-state index contributed by atoms with van der Waals surface area (Å²) in [4.78, 5) is 13.7. The van der Waals surface area contributed by atoms with Crippen molar-refractivity contribution in [3.8, 4) is 0 Å². The Kier molecular flexibility index (Phi) is 6.45. The van der Waals surface area contributed by atoms with Crippen LogP contribution in [-0.4, -0.2) is 63.3 Å². The first-order valence-electron chi connectivity index (χ1n) is 7.78. The maximum Gasteiger partial charge on any atom is 0.194 e. The Morgan fingerprint density at radius 2 is 2.41 bits per heavy atom. The lowest BCUT2D eigenvalue weighted by atomic mass is 10.1. The van der Waals surface area contributed by atoms with E-state index < -0.39 is 0 Å². The number of methoxy groups -OCH3 is 1. The summed E-state index contributed by atoms with van der Waals surface area (Å²) in [6.07, 6.45) is 1.17. The van der Waals surface area contributed by atoms with Gasteiger partial charge in [0.05, 0.1) is 18.8 Å². The van der Waals surface area contributed by atoms with Crippen LogP contribution >= 0.6 is 11.3 Å². The summed E-state index contributed by atoms with van der Waals surface area (Å²) < 4.78 is 5.27. The predicted molar refractivity (Wildman–Crippen MR) is 92.8 cm³/mol. The SMILES string of the molecule is CCNC(=NCc1csc(N(C)C)n1)N1CC[C@H](COC)C1. The van der Waals surface area contributed by atoms with Crippen LogP contribution in [0.25, 0.3) is 0 Å². The summed E-state index contributed by atoms with van der Waals surface area (Å²) in [7, 11) is 5.79. The minimum absolute atomic E-state index is 0.605. The van der Waals surface area contributed by atoms with Gasteiger partial charge < -0.3 is 19.9 Å². The number of anilines is 1. The van der Waals surface area contributed by atoms with Crippen molar-refractivity contribution in [3.63, 3.8) is 0 Å². The summed E-state index contributed by atoms with van der Waals surface area (Å²) >= 11 is 1.66. The number of hydrogen-bond donors (Lipinski definition) is 1. The molecule has 1 saturated heterocycles. The number of aliphatic imine (C=N–C) groups is 1. The van der Waals surface area contributed by atoms with Crippen molar-refractivity contribution in [1.82, 2.24) is 15.2 Å². The molecule has 0 aromatic carbocycles. The van der Waals surface area contributed by atoms with E-state index in [1.807, 2.05) is 19.0 Å². The van der Waals surface area contributed by atoms with Crippen LogP contribution < -0.4 is 10.2 Å². The molecule has 0 aliphatic carbocycles. The quantitative estimate of drug-likeness (QED) is 0.636. The molecule has 0 saturated carbocycles. The third-order valence-electron chi connectivity index (χ3n) is 3.64. The topological polar surface area (TPSA) is 53.0 Å². The third-order valence-corrected chi connectivity index (χ3v) is 4.69. The first-order chi connectivity index (χ1) is 10.6. The van der Waals surface area contributed by atoms with Crippen molar-refractivity contribution in [1.29, 1.82) is 0 Å². The van der Waals surface area contributed by atoms with Gasteiger partial charge in [0, 0.05) is 52.1 Å². The van der Waals surface area contributed by atoms with Gasteiger partial charge in [0.25, 0.3) is 0 Å². The van der Waals surface area contributed by atoms with Crippen molar-refractivity contribution < 1.29 is 4.74 Å². The van der Waals surface area contributed by atoms with E-state index in [0.29, 0.717) is 12.5 Å². The number of thiazole rings is 1. The zero-order chi connectivity index (χ0) is 15.9. The lowest BCUT2D eigenvalue weighted by Gasteiger charge is -2.21. The molecule has 0 spiro atoms. The average molecular weight is 325 g/mol. The van der Waals surface area contributed by atoms with Gasteiger partial charge >= 0.3 is 0 Å². The number of nitrogens with one attached hydrogen (secondary N) is 1. The molecule has 7 heteroatoms. The number of ether oxygens (including phenoxy) is 1. The van der Waals surface area contributed by atoms with Crippen LogP contribution in [-0.2, 0) is 11.3 Å². The first-order valence-corrected chi connectivity index (χ1v) is 8.66. The van der Waals surface area contributed by atoms with Crippen LogP contribution in [0, 0.1) is 5.92 Å². The molecular formula is C15H27N5OS. The number of hydrogen-bond acceptors (Lipinski definition) is 5. The van der Waals surface area contributed by atoms with E-state index in [4.69, 9.17) is 9.73 Å². The minimum atomic E-state index is 0.605. The van der Waals surface area contributed by atoms with Crippen molar-refractivity contribution in [2.45, 2.75) is 19.9 Å². The Morgan fingerprint density at radius 3 is 3.05 bits per heavy atom. The Labute approximate surface area is 137 Å². The molecule has 1 atom stereocenters. The molecule has 6 nitrogen and oxygen atoms in total. The van der Waals surface area contributed by atoms with Gasteiger partial charge in [-0.3, -0.25) is 0 Å². The maximum absolute atomic E-state index is 5.27. The molecule has 1 N–H and O–H groups in total. The zero-order valence-electron chi connectivity index (χ0n) is 14.0. The van der Waals surface area contributed by atoms with Gasteiger partial charge in [-0.2, -0.15) is 0 Å². The van der Waals surface area contributed by atoms with E-state index in [9.17, 15) is 0 Å². The molecule has 2 heterocycles. The summed E-state index contributed by atoms with van der Waals surface area (Å²) in [5.74, 6) is 1.59. The van der Waals surface area contributed by atoms with E-state index >= 15 is 0 Å². The van der Waals surface area contributed by atoms with E-state index in [1.54, 1.807) is 18.4 Å². The molecule has 0 amide bonds. The number of likely N-dealkylation sites (tertiary alicyclic amines) is 1. The van der Waals surface area contributed by atoms with Gasteiger partial charge in [-0.1, -0.05) is 0 Å². The second-order valence-electron chi connectivity index (χ2n) is 5.74. The third kappa shape index (κ3) is 4.58. The molecule has 1 aliphatic rings. The molecule has 1 fully saturated rings. The van der Waals surface area contributed by atoms with Crippen LogP contribution in [0.5, 0.6) is 0 Å². The number of guanidine groups is 1. The normalized spacial score (nSPS) is 18.8. The second kappa shape index (κ2) is 8.33. The molecule has 124 valence electrons. The fourth-order valence-corrected chi connectivity index (χ4v) is 3.30. The van der Waals surface area contributed by atoms with Gasteiger partial charge in [-0.15, -0.1) is 11.3 Å². The molecule has 0 radical (unpaired) electrons. The van der Waals surface area contributed by atoms with Crippen LogP contribution in [0.15, 0.2) is 10.4 Å². The van der Waals surface area contributed by atoms with Crippen LogP contribution in [0.2, 0.25) is 0 Å². The molecule has 0 bridgehead atoms. The molecule has 0 unspecified atom stereocenters. The highest BCUT2D eigenvalue weighted by Crippen LogP contribution is 2.19. The highest BCUT2D eigenvalue weighted by Gasteiger charge is 2.24. The summed E-state index contributed by atoms with van der Waals surface area (Å²) in [6, 6.07) is 0. The predicted octanol–water partition coefficient (Wildman–Crippen LogP) is 1.64. The minimum Gasteiger partial charge on any atom is -0.384 e. The molecule has 1 aromatic rings. The van der Waals surface area contributed by atoms with Crippen LogP contribution in [0.4, 0.5) is 5.13 Å². The van der Waals surface area contributed by atoms with Gasteiger partial charge in [0.15, 0.2) is 11.1 Å². The number of aromatic nitrogens is 1. The molecule has 1 aliphatic heterocycles. The Hall–Kier alpha value is -1.34. The highest BCUT2D eigenvalue weighted by atomic mass is 32.1. The lowest BCUT2D eigenvalue weighted by molar-refractivity contribution is 0.157. The average Bonchev–Trinajstić information content (AvgIpc) is 3.13. The monoisotopic (exact) mass is 325 g/mol. The summed E-state index contributed by atoms with van der Waals surface area (Å²) in [5, 5.41) is 6.50. The van der Waals surface area contributed by atoms with E-state index in [0.717, 1.165) is 43.0 Å². The Balaban J connectivity index is 1.97. The van der Waals surface area contributed by atoms with Crippen LogP contribution in [0.1, 0.15) is 19.0 Å². The molecule has 22 heavy (non-hydrogen) atoms. The number of rotatable bonds is 6. The van der Waals surface area contributed by atoms with E-state index in [-0.39, 0.29) is 0 Å². The highest BCUT2D eigenvalue weighted by molar-refractivity contribution is 7.13. The zero-order valence-corrected chi connectivity index (χ0v) is 14.8. The Bertz CT molecular complexity index is 488. The molecule has 2 rings (SSSR count). The van der Waals surface area contributed by atoms with Gasteiger partial charge in [0.2, 0.25) is 0 Å². The second-order valence-corrected chi connectivity index (χ2v) is 6.58. The molecular weight excluding hydrogens is 298 g/mol. The van der Waals surface area contributed by atoms with E-state index in [2.05, 4.69) is 27.5 Å². The van der Waals surface area contributed by atoms with Gasteiger partial charge in [-0.25, -0.2) is 9.98 Å². The first kappa shape index (κ1) is 17.0. The molecule has 1 aromatic heterocycles. The van der Waals surface area contributed by atoms with Crippen LogP contribution in [0.3, 0.4) is 0 Å². The van der Waals surface area contributed by atoms with Crippen molar-refractivity contribution in [3.05, 3.63) is 11.1 Å². The van der Waals surface area contributed by atoms with Gasteiger partial charge in [0.1, 0.15) is 0 Å². The van der Waals surface area contributed by atoms with Crippen molar-refractivity contribution in [2.75, 3.05) is 52.3 Å². The standard InChI is InChI=1S/C15H27N5OS/c1-5-16-14(20-7-6-12(9-20)10-21-4)17-8-13-11-22-15(18-13)19(2)3/h11-12H,5-10H2,1-4H3,(H,16,17)/t12-/m0/s1. The van der Waals surface area contributed by atoms with Crippen molar-refractivity contribution >= 4 is 22.4 Å². The fraction of sp³-hybridized carbons (Fsp3) is 0.733. The lowest BCUT2D eigenvalue weighted by Crippen LogP contribution is -2.40. The number of nitrogens with zero attached hydrogens (tertiary/aromatic N) is 4. The Morgan fingerprint density at radius 1 is 1.59 bits per heavy atom. The summed E-state index contributed by atoms with van der Waals surface area (Å²) in [6.45, 7) is 6.49. The largest absolute Gasteiger partial charge is 0.384 e. The van der Waals surface area contributed by atoms with Crippen molar-refractivity contribution in [2.24, 2.45) is 10.9 Å². The smallest absolute Gasteiger partial charge is 0.194 e. The van der Waals surface area contributed by atoms with E-state index in [1.165, 1.54) is 6.42 Å². The fourth-order valence-electron chi connectivity index (χ4n) is 2.55. The maximum atomic E-state index is 5.27. The van der Waals surface area contributed by atoms with Gasteiger partial charge in [-0.05, 0) is 13.3 Å².